The molecule has 0 unspecified atom stereocenters. The van der Waals surface area contributed by atoms with Crippen molar-refractivity contribution in [3.8, 4) is 0 Å². The van der Waals surface area contributed by atoms with Gasteiger partial charge in [-0.3, -0.25) is 9.80 Å². The molecule has 1 aliphatic heterocycles. The summed E-state index contributed by atoms with van der Waals surface area (Å²) in [4.78, 5) is 31.6. The van der Waals surface area contributed by atoms with Crippen LogP contribution in [0.25, 0.3) is 0 Å². The summed E-state index contributed by atoms with van der Waals surface area (Å²) in [5.41, 5.74) is 1.12. The van der Waals surface area contributed by atoms with Gasteiger partial charge in [0.05, 0.1) is 31.6 Å². The molecule has 0 radical (unpaired) electrons. The molecule has 3 aromatic heterocycles. The minimum Gasteiger partial charge on any atom is -0.475 e. The van der Waals surface area contributed by atoms with Crippen LogP contribution in [0, 0.1) is 0 Å². The summed E-state index contributed by atoms with van der Waals surface area (Å²) in [7, 11) is 2.09. The molecule has 0 spiro atoms. The molecule has 0 amide bonds. The second-order valence-electron chi connectivity index (χ2n) is 7.84. The fourth-order valence-electron chi connectivity index (χ4n) is 3.10. The van der Waals surface area contributed by atoms with E-state index >= 15 is 0 Å². The molecule has 0 bridgehead atoms. The zero-order chi connectivity index (χ0) is 28.5. The van der Waals surface area contributed by atoms with E-state index in [-0.39, 0.29) is 0 Å². The number of hydrogen-bond donors (Lipinski definition) is 2. The van der Waals surface area contributed by atoms with Gasteiger partial charge in [0.15, 0.2) is 0 Å². The number of carbonyl (C=O) groups is 2. The predicted molar refractivity (Wildman–Crippen MR) is 120 cm³/mol. The van der Waals surface area contributed by atoms with E-state index in [0.717, 1.165) is 56.5 Å². The van der Waals surface area contributed by atoms with Crippen LogP contribution in [0.4, 0.5) is 26.3 Å². The Morgan fingerprint density at radius 2 is 1.74 bits per heavy atom. The summed E-state index contributed by atoms with van der Waals surface area (Å²) in [6.07, 6.45) is -4.39. The highest BCUT2D eigenvalue weighted by Crippen LogP contribution is 2.18. The second-order valence-corrected chi connectivity index (χ2v) is 8.81. The maximum absolute atomic E-state index is 10.6. The smallest absolute Gasteiger partial charge is 0.475 e. The van der Waals surface area contributed by atoms with Crippen LogP contribution in [-0.2, 0) is 42.3 Å². The van der Waals surface area contributed by atoms with E-state index in [1.807, 2.05) is 23.7 Å². The first kappa shape index (κ1) is 30.8. The number of nitrogens with zero attached hydrogens (tertiary/aromatic N) is 5. The molecule has 1 aliphatic rings. The molecule has 4 rings (SSSR count). The summed E-state index contributed by atoms with van der Waals surface area (Å²) in [5, 5.41) is 17.5. The van der Waals surface area contributed by atoms with Crippen LogP contribution >= 0.6 is 11.3 Å². The SMILES string of the molecule is CN(Cc1cn2c(n1)CN(Cc1nccs1)CC2)Cc1ccco1.O=C(O)C(F)(F)F.O=C(O)C(F)(F)F. The number of alkyl halides is 6. The van der Waals surface area contributed by atoms with Crippen molar-refractivity contribution in [3.63, 3.8) is 0 Å². The second kappa shape index (κ2) is 13.4. The Hall–Kier alpha value is -3.44. The Bertz CT molecular complexity index is 1120. The van der Waals surface area contributed by atoms with Crippen molar-refractivity contribution < 1.29 is 50.6 Å². The number of rotatable bonds is 6. The molecule has 2 N–H and O–H groups in total. The van der Waals surface area contributed by atoms with Crippen LogP contribution in [-0.4, -0.2) is 72.4 Å². The van der Waals surface area contributed by atoms with Crippen molar-refractivity contribution in [2.24, 2.45) is 0 Å². The molecule has 210 valence electrons. The Morgan fingerprint density at radius 1 is 1.11 bits per heavy atom. The number of aliphatic carboxylic acids is 2. The van der Waals surface area contributed by atoms with E-state index < -0.39 is 24.3 Å². The molecule has 38 heavy (non-hydrogen) atoms. The molecule has 4 heterocycles. The maximum Gasteiger partial charge on any atom is 0.490 e. The lowest BCUT2D eigenvalue weighted by atomic mass is 10.3. The Kier molecular flexibility index (Phi) is 10.8. The number of aromatic nitrogens is 3. The van der Waals surface area contributed by atoms with Crippen molar-refractivity contribution in [1.82, 2.24) is 24.3 Å². The third-order valence-corrected chi connectivity index (χ3v) is 5.46. The first-order valence-electron chi connectivity index (χ1n) is 10.6. The Labute approximate surface area is 215 Å². The van der Waals surface area contributed by atoms with Crippen molar-refractivity contribution >= 4 is 23.3 Å². The van der Waals surface area contributed by atoms with E-state index in [1.165, 1.54) is 5.01 Å². The molecule has 0 fully saturated rings. The summed E-state index contributed by atoms with van der Waals surface area (Å²) in [5.74, 6) is -3.38. The lowest BCUT2D eigenvalue weighted by Gasteiger charge is -2.26. The third kappa shape index (κ3) is 10.5. The van der Waals surface area contributed by atoms with Gasteiger partial charge in [0, 0.05) is 37.4 Å². The van der Waals surface area contributed by atoms with Crippen molar-refractivity contribution in [2.45, 2.75) is 45.1 Å². The molecular weight excluding hydrogens is 548 g/mol. The summed E-state index contributed by atoms with van der Waals surface area (Å²) in [6.45, 7) is 5.47. The van der Waals surface area contributed by atoms with Crippen LogP contribution < -0.4 is 0 Å². The zero-order valence-corrected chi connectivity index (χ0v) is 20.6. The number of imidazole rings is 1. The van der Waals surface area contributed by atoms with E-state index in [9.17, 15) is 26.3 Å². The molecular formula is C21H23F6N5O5S. The molecule has 3 aromatic rings. The first-order valence-corrected chi connectivity index (χ1v) is 11.5. The van der Waals surface area contributed by atoms with Gasteiger partial charge in [0.25, 0.3) is 0 Å². The topological polar surface area (TPSA) is 125 Å². The minimum atomic E-state index is -5.08. The van der Waals surface area contributed by atoms with Crippen molar-refractivity contribution in [3.05, 3.63) is 58.5 Å². The van der Waals surface area contributed by atoms with Crippen molar-refractivity contribution in [2.75, 3.05) is 13.6 Å². The summed E-state index contributed by atoms with van der Waals surface area (Å²) >= 11 is 1.72. The molecule has 0 saturated heterocycles. The third-order valence-electron chi connectivity index (χ3n) is 4.70. The highest BCUT2D eigenvalue weighted by atomic mass is 32.1. The average molecular weight is 572 g/mol. The van der Waals surface area contributed by atoms with Gasteiger partial charge >= 0.3 is 24.3 Å². The van der Waals surface area contributed by atoms with Crippen LogP contribution in [0.15, 0.2) is 40.6 Å². The quantitative estimate of drug-likeness (QED) is 0.425. The van der Waals surface area contributed by atoms with Crippen LogP contribution in [0.5, 0.6) is 0 Å². The number of carboxylic acid groups (broad SMARTS) is 2. The Morgan fingerprint density at radius 3 is 2.24 bits per heavy atom. The van der Waals surface area contributed by atoms with Gasteiger partial charge in [-0.05, 0) is 19.2 Å². The Balaban J connectivity index is 0.000000301. The van der Waals surface area contributed by atoms with Gasteiger partial charge in [-0.15, -0.1) is 11.3 Å². The largest absolute Gasteiger partial charge is 0.490 e. The van der Waals surface area contributed by atoms with Gasteiger partial charge < -0.3 is 19.2 Å². The number of furan rings is 1. The predicted octanol–water partition coefficient (Wildman–Crippen LogP) is 3.85. The first-order chi connectivity index (χ1) is 17.6. The molecule has 10 nitrogen and oxygen atoms in total. The highest BCUT2D eigenvalue weighted by molar-refractivity contribution is 7.09. The molecule has 17 heteroatoms. The summed E-state index contributed by atoms with van der Waals surface area (Å²) in [6, 6.07) is 3.93. The average Bonchev–Trinajstić information content (AvgIpc) is 3.55. The molecule has 0 aromatic carbocycles. The monoisotopic (exact) mass is 571 g/mol. The van der Waals surface area contributed by atoms with Gasteiger partial charge in [0.2, 0.25) is 0 Å². The molecule has 0 atom stereocenters. The van der Waals surface area contributed by atoms with E-state index in [4.69, 9.17) is 29.2 Å². The van der Waals surface area contributed by atoms with Gasteiger partial charge in [-0.25, -0.2) is 19.6 Å². The lowest BCUT2D eigenvalue weighted by molar-refractivity contribution is -0.193. The minimum absolute atomic E-state index is 0.797. The fourth-order valence-corrected chi connectivity index (χ4v) is 3.75. The van der Waals surface area contributed by atoms with Crippen LogP contribution in [0.1, 0.15) is 22.3 Å². The zero-order valence-electron chi connectivity index (χ0n) is 19.7. The van der Waals surface area contributed by atoms with E-state index in [2.05, 4.69) is 32.6 Å². The standard InChI is InChI=1S/C17H21N5OS.2C2HF3O2/c1-20(11-15-3-2-7-23-15)9-14-10-22-6-5-21(12-16(22)19-14)13-17-18-4-8-24-17;2*3-2(4,5)1(6)7/h2-4,7-8,10H,5-6,9,11-13H2,1H3;2*(H,6,7). The van der Waals surface area contributed by atoms with Gasteiger partial charge in [-0.1, -0.05) is 0 Å². The summed E-state index contributed by atoms with van der Waals surface area (Å²) < 4.78 is 71.2. The molecule has 0 aliphatic carbocycles. The van der Waals surface area contributed by atoms with Gasteiger partial charge in [-0.2, -0.15) is 26.3 Å². The van der Waals surface area contributed by atoms with E-state index in [0.29, 0.717) is 0 Å². The van der Waals surface area contributed by atoms with Crippen molar-refractivity contribution in [1.29, 1.82) is 0 Å². The normalized spacial score (nSPS) is 13.7. The number of halogens is 6. The fraction of sp³-hybridized carbons (Fsp3) is 0.429. The van der Waals surface area contributed by atoms with E-state index in [1.54, 1.807) is 17.6 Å². The highest BCUT2D eigenvalue weighted by Gasteiger charge is 2.38. The number of carboxylic acids is 2. The lowest BCUT2D eigenvalue weighted by Crippen LogP contribution is -2.33. The number of fused-ring (bicyclic) bond motifs is 1. The number of hydrogen-bond acceptors (Lipinski definition) is 8. The number of thiazole rings is 1. The van der Waals surface area contributed by atoms with Gasteiger partial charge in [0.1, 0.15) is 16.6 Å². The molecule has 0 saturated carbocycles. The van der Waals surface area contributed by atoms with Crippen LogP contribution in [0.3, 0.4) is 0 Å². The van der Waals surface area contributed by atoms with Crippen LogP contribution in [0.2, 0.25) is 0 Å². The maximum atomic E-state index is 10.6.